The van der Waals surface area contributed by atoms with E-state index < -0.39 is 0 Å². The Bertz CT molecular complexity index is 512. The molecule has 0 radical (unpaired) electrons. The van der Waals surface area contributed by atoms with Crippen LogP contribution in [-0.4, -0.2) is 10.2 Å². The van der Waals surface area contributed by atoms with Crippen LogP contribution in [0.25, 0.3) is 0 Å². The smallest absolute Gasteiger partial charge is 0.0643 e. The van der Waals surface area contributed by atoms with Crippen molar-refractivity contribution in [3.8, 4) is 0 Å². The Morgan fingerprint density at radius 1 is 1.29 bits per heavy atom. The average molecular weight is 294 g/mol. The van der Waals surface area contributed by atoms with Gasteiger partial charge in [0.2, 0.25) is 0 Å². The van der Waals surface area contributed by atoms with Gasteiger partial charge in [-0.1, -0.05) is 12.1 Å². The van der Waals surface area contributed by atoms with Crippen molar-refractivity contribution in [2.45, 2.75) is 27.3 Å². The van der Waals surface area contributed by atoms with Gasteiger partial charge >= 0.3 is 0 Å². The number of halogens is 1. The molecule has 1 aromatic heterocycles. The minimum atomic E-state index is 0.788. The van der Waals surface area contributed by atoms with Gasteiger partial charge < -0.3 is 5.32 Å². The van der Waals surface area contributed by atoms with Crippen LogP contribution < -0.4 is 5.32 Å². The van der Waals surface area contributed by atoms with E-state index in [1.807, 2.05) is 13.8 Å². The molecule has 2 N–H and O–H groups in total. The van der Waals surface area contributed by atoms with E-state index in [1.165, 1.54) is 11.1 Å². The topological polar surface area (TPSA) is 40.7 Å². The number of aryl methyl sites for hydroxylation is 3. The molecule has 1 aromatic carbocycles. The van der Waals surface area contributed by atoms with Crippen molar-refractivity contribution in [2.24, 2.45) is 0 Å². The third-order valence-corrected chi connectivity index (χ3v) is 3.98. The van der Waals surface area contributed by atoms with Crippen LogP contribution in [0, 0.1) is 20.8 Å². The number of nitrogens with zero attached hydrogens (tertiary/aromatic N) is 1. The molecule has 0 aliphatic rings. The van der Waals surface area contributed by atoms with Crippen LogP contribution in [0.1, 0.15) is 22.5 Å². The molecule has 0 amide bonds. The zero-order valence-electron chi connectivity index (χ0n) is 10.3. The highest BCUT2D eigenvalue weighted by atomic mass is 79.9. The molecule has 0 saturated heterocycles. The molecule has 3 nitrogen and oxygen atoms in total. The third kappa shape index (κ3) is 2.52. The maximum Gasteiger partial charge on any atom is 0.0643 e. The summed E-state index contributed by atoms with van der Waals surface area (Å²) >= 11 is 3.60. The first-order chi connectivity index (χ1) is 8.09. The number of aromatic nitrogens is 2. The average Bonchev–Trinajstić information content (AvgIpc) is 2.62. The van der Waals surface area contributed by atoms with Gasteiger partial charge in [0.1, 0.15) is 0 Å². The van der Waals surface area contributed by atoms with Gasteiger partial charge in [0, 0.05) is 28.0 Å². The van der Waals surface area contributed by atoms with Crippen LogP contribution in [0.2, 0.25) is 0 Å². The molecule has 0 fully saturated rings. The monoisotopic (exact) mass is 293 g/mol. The number of nitrogens with one attached hydrogen (secondary N) is 2. The number of aromatic amines is 1. The van der Waals surface area contributed by atoms with Crippen molar-refractivity contribution in [1.82, 2.24) is 10.2 Å². The summed E-state index contributed by atoms with van der Waals surface area (Å²) in [6, 6.07) is 6.21. The summed E-state index contributed by atoms with van der Waals surface area (Å²) < 4.78 is 1.12. The zero-order valence-corrected chi connectivity index (χ0v) is 11.9. The predicted octanol–water partition coefficient (Wildman–Crippen LogP) is 3.71. The van der Waals surface area contributed by atoms with Crippen molar-refractivity contribution in [2.75, 3.05) is 5.32 Å². The minimum Gasteiger partial charge on any atom is -0.380 e. The Balaban J connectivity index is 2.15. The maximum atomic E-state index is 4.19. The van der Waals surface area contributed by atoms with Crippen LogP contribution in [-0.2, 0) is 6.54 Å². The van der Waals surface area contributed by atoms with E-state index in [1.54, 1.807) is 0 Å². The fourth-order valence-corrected chi connectivity index (χ4v) is 2.21. The fraction of sp³-hybridized carbons (Fsp3) is 0.308. The second kappa shape index (κ2) is 4.92. The van der Waals surface area contributed by atoms with Gasteiger partial charge in [-0.25, -0.2) is 0 Å². The molecule has 2 rings (SSSR count). The highest BCUT2D eigenvalue weighted by Gasteiger charge is 2.07. The van der Waals surface area contributed by atoms with E-state index in [-0.39, 0.29) is 0 Å². The summed E-state index contributed by atoms with van der Waals surface area (Å²) in [6.45, 7) is 6.94. The number of hydrogen-bond donors (Lipinski definition) is 2. The molecule has 17 heavy (non-hydrogen) atoms. The third-order valence-electron chi connectivity index (χ3n) is 2.93. The molecule has 0 aliphatic heterocycles. The van der Waals surface area contributed by atoms with Crippen molar-refractivity contribution in [1.29, 1.82) is 0 Å². The normalized spacial score (nSPS) is 10.6. The Hall–Kier alpha value is -1.29. The number of H-pyrrole nitrogens is 1. The van der Waals surface area contributed by atoms with Crippen molar-refractivity contribution in [3.05, 3.63) is 45.2 Å². The Labute approximate surface area is 110 Å². The lowest BCUT2D eigenvalue weighted by molar-refractivity contribution is 1.02. The van der Waals surface area contributed by atoms with Gasteiger partial charge in [0.15, 0.2) is 0 Å². The zero-order chi connectivity index (χ0) is 12.4. The lowest BCUT2D eigenvalue weighted by Crippen LogP contribution is -2.02. The first-order valence-electron chi connectivity index (χ1n) is 5.59. The highest BCUT2D eigenvalue weighted by Crippen LogP contribution is 2.26. The molecule has 0 atom stereocenters. The van der Waals surface area contributed by atoms with Gasteiger partial charge in [-0.05, 0) is 48.3 Å². The summed E-state index contributed by atoms with van der Waals surface area (Å²) in [5.74, 6) is 0. The van der Waals surface area contributed by atoms with E-state index in [0.29, 0.717) is 0 Å². The Morgan fingerprint density at radius 2 is 2.06 bits per heavy atom. The molecule has 0 spiro atoms. The number of anilines is 1. The Kier molecular flexibility index (Phi) is 3.52. The van der Waals surface area contributed by atoms with Crippen molar-refractivity contribution >= 4 is 21.6 Å². The lowest BCUT2D eigenvalue weighted by atomic mass is 10.2. The molecule has 1 heterocycles. The van der Waals surface area contributed by atoms with E-state index >= 15 is 0 Å². The van der Waals surface area contributed by atoms with E-state index in [0.717, 1.165) is 28.1 Å². The molecule has 0 unspecified atom stereocenters. The lowest BCUT2D eigenvalue weighted by Gasteiger charge is -2.10. The summed E-state index contributed by atoms with van der Waals surface area (Å²) in [5, 5.41) is 10.6. The van der Waals surface area contributed by atoms with E-state index in [4.69, 9.17) is 0 Å². The van der Waals surface area contributed by atoms with Gasteiger partial charge in [-0.15, -0.1) is 0 Å². The highest BCUT2D eigenvalue weighted by molar-refractivity contribution is 9.10. The molecule has 2 aromatic rings. The van der Waals surface area contributed by atoms with E-state index in [9.17, 15) is 0 Å². The van der Waals surface area contributed by atoms with Crippen LogP contribution in [0.15, 0.2) is 22.7 Å². The minimum absolute atomic E-state index is 0.788. The molecular weight excluding hydrogens is 278 g/mol. The summed E-state index contributed by atoms with van der Waals surface area (Å²) in [6.07, 6.45) is 0. The van der Waals surface area contributed by atoms with Crippen molar-refractivity contribution < 1.29 is 0 Å². The largest absolute Gasteiger partial charge is 0.380 e. The van der Waals surface area contributed by atoms with Gasteiger partial charge in [0.25, 0.3) is 0 Å². The molecule has 0 aliphatic carbocycles. The first-order valence-corrected chi connectivity index (χ1v) is 6.38. The SMILES string of the molecule is Cc1cccc(NCc2c(C)n[nH]c2C)c1Br. The number of hydrogen-bond acceptors (Lipinski definition) is 2. The fourth-order valence-electron chi connectivity index (χ4n) is 1.80. The van der Waals surface area contributed by atoms with Gasteiger partial charge in [0.05, 0.1) is 5.69 Å². The molecule has 4 heteroatoms. The van der Waals surface area contributed by atoms with Crippen LogP contribution in [0.4, 0.5) is 5.69 Å². The predicted molar refractivity (Wildman–Crippen MR) is 74.3 cm³/mol. The van der Waals surface area contributed by atoms with Gasteiger partial charge in [-0.3, -0.25) is 5.10 Å². The van der Waals surface area contributed by atoms with E-state index in [2.05, 4.69) is 56.6 Å². The standard InChI is InChI=1S/C13H16BrN3/c1-8-5-4-6-12(13(8)14)15-7-11-9(2)16-17-10(11)3/h4-6,15H,7H2,1-3H3,(H,16,17). The molecule has 0 bridgehead atoms. The van der Waals surface area contributed by atoms with Crippen molar-refractivity contribution in [3.63, 3.8) is 0 Å². The maximum absolute atomic E-state index is 4.19. The first kappa shape index (κ1) is 12.2. The quantitative estimate of drug-likeness (QED) is 0.906. The Morgan fingerprint density at radius 3 is 2.71 bits per heavy atom. The second-order valence-corrected chi connectivity index (χ2v) is 5.00. The molecular formula is C13H16BrN3. The van der Waals surface area contributed by atoms with Gasteiger partial charge in [-0.2, -0.15) is 5.10 Å². The van der Waals surface area contributed by atoms with Crippen LogP contribution in [0.5, 0.6) is 0 Å². The molecule has 0 saturated carbocycles. The molecule has 90 valence electrons. The van der Waals surface area contributed by atoms with Crippen LogP contribution >= 0.6 is 15.9 Å². The van der Waals surface area contributed by atoms with Crippen LogP contribution in [0.3, 0.4) is 0 Å². The number of benzene rings is 1. The summed E-state index contributed by atoms with van der Waals surface area (Å²) in [4.78, 5) is 0. The summed E-state index contributed by atoms with van der Waals surface area (Å²) in [7, 11) is 0. The summed E-state index contributed by atoms with van der Waals surface area (Å²) in [5.41, 5.74) is 5.76. The second-order valence-electron chi connectivity index (χ2n) is 4.20. The number of rotatable bonds is 3.